The fraction of sp³-hybridized carbons (Fsp3) is 0.462. The van der Waals surface area contributed by atoms with Crippen LogP contribution in [0.4, 0.5) is 23.7 Å². The molecule has 0 bridgehead atoms. The van der Waals surface area contributed by atoms with Crippen LogP contribution in [0.5, 0.6) is 0 Å². The van der Waals surface area contributed by atoms with Gasteiger partial charge in [-0.1, -0.05) is 0 Å². The van der Waals surface area contributed by atoms with E-state index in [4.69, 9.17) is 0 Å². The standard InChI is InChI=1S/C13H15F3N2OS/c1-20-11-6-7-18(8-11)12(19)17-10-4-2-9(3-5-10)13(14,15)16/h2-5,11H,6-8H2,1H3,(H,17,19)/t11-/m1/s1. The molecule has 1 atom stereocenters. The highest BCUT2D eigenvalue weighted by atomic mass is 32.2. The van der Waals surface area contributed by atoms with E-state index in [0.29, 0.717) is 24.0 Å². The number of amides is 2. The number of alkyl halides is 3. The first kappa shape index (κ1) is 15.0. The molecule has 0 saturated carbocycles. The zero-order valence-electron chi connectivity index (χ0n) is 10.9. The van der Waals surface area contributed by atoms with Crippen molar-refractivity contribution in [1.82, 2.24) is 4.90 Å². The third-order valence-corrected chi connectivity index (χ3v) is 4.28. The van der Waals surface area contributed by atoms with Crippen LogP contribution < -0.4 is 5.32 Å². The molecule has 2 amide bonds. The zero-order chi connectivity index (χ0) is 14.8. The van der Waals surface area contributed by atoms with Gasteiger partial charge in [-0.25, -0.2) is 4.79 Å². The predicted molar refractivity (Wildman–Crippen MR) is 74.0 cm³/mol. The highest BCUT2D eigenvalue weighted by Gasteiger charge is 2.30. The predicted octanol–water partition coefficient (Wildman–Crippen LogP) is 3.67. The summed E-state index contributed by atoms with van der Waals surface area (Å²) in [5.74, 6) is 0. The summed E-state index contributed by atoms with van der Waals surface area (Å²) in [7, 11) is 0. The summed E-state index contributed by atoms with van der Waals surface area (Å²) in [6, 6.07) is 4.20. The van der Waals surface area contributed by atoms with E-state index >= 15 is 0 Å². The Balaban J connectivity index is 1.95. The summed E-state index contributed by atoms with van der Waals surface area (Å²) < 4.78 is 37.2. The van der Waals surface area contributed by atoms with Crippen molar-refractivity contribution in [3.05, 3.63) is 29.8 Å². The molecule has 0 spiro atoms. The van der Waals surface area contributed by atoms with Crippen molar-refractivity contribution < 1.29 is 18.0 Å². The molecule has 1 N–H and O–H groups in total. The van der Waals surface area contributed by atoms with Gasteiger partial charge in [-0.2, -0.15) is 24.9 Å². The minimum Gasteiger partial charge on any atom is -0.323 e. The Morgan fingerprint density at radius 2 is 2.00 bits per heavy atom. The number of rotatable bonds is 2. The average Bonchev–Trinajstić information content (AvgIpc) is 2.87. The quantitative estimate of drug-likeness (QED) is 0.904. The Hall–Kier alpha value is -1.37. The molecular formula is C13H15F3N2OS. The Labute approximate surface area is 119 Å². The fourth-order valence-electron chi connectivity index (χ4n) is 2.05. The first-order chi connectivity index (χ1) is 9.40. The topological polar surface area (TPSA) is 32.3 Å². The SMILES string of the molecule is CS[C@@H]1CCN(C(=O)Nc2ccc(C(F)(F)F)cc2)C1. The van der Waals surface area contributed by atoms with E-state index < -0.39 is 11.7 Å². The van der Waals surface area contributed by atoms with Crippen molar-refractivity contribution in [2.75, 3.05) is 24.7 Å². The Morgan fingerprint density at radius 3 is 2.50 bits per heavy atom. The highest BCUT2D eigenvalue weighted by Crippen LogP contribution is 2.30. The lowest BCUT2D eigenvalue weighted by molar-refractivity contribution is -0.137. The molecule has 0 unspecified atom stereocenters. The number of hydrogen-bond donors (Lipinski definition) is 1. The van der Waals surface area contributed by atoms with Crippen LogP contribution in [-0.2, 0) is 6.18 Å². The molecule has 1 fully saturated rings. The maximum Gasteiger partial charge on any atom is 0.416 e. The molecule has 1 saturated heterocycles. The van der Waals surface area contributed by atoms with Crippen molar-refractivity contribution in [3.63, 3.8) is 0 Å². The van der Waals surface area contributed by atoms with Gasteiger partial charge >= 0.3 is 12.2 Å². The van der Waals surface area contributed by atoms with Crippen LogP contribution in [0, 0.1) is 0 Å². The lowest BCUT2D eigenvalue weighted by Gasteiger charge is -2.17. The molecule has 110 valence electrons. The second-order valence-corrected chi connectivity index (χ2v) is 5.74. The van der Waals surface area contributed by atoms with Crippen LogP contribution in [0.15, 0.2) is 24.3 Å². The third kappa shape index (κ3) is 3.59. The van der Waals surface area contributed by atoms with Crippen molar-refractivity contribution in [2.24, 2.45) is 0 Å². The molecule has 1 aliphatic heterocycles. The van der Waals surface area contributed by atoms with Crippen LogP contribution in [0.1, 0.15) is 12.0 Å². The zero-order valence-corrected chi connectivity index (χ0v) is 11.7. The number of likely N-dealkylation sites (tertiary alicyclic amines) is 1. The van der Waals surface area contributed by atoms with Gasteiger partial charge in [-0.05, 0) is 36.9 Å². The van der Waals surface area contributed by atoms with E-state index in [9.17, 15) is 18.0 Å². The molecule has 0 aromatic heterocycles. The van der Waals surface area contributed by atoms with Gasteiger partial charge in [0.05, 0.1) is 5.56 Å². The first-order valence-corrected chi connectivity index (χ1v) is 7.45. The summed E-state index contributed by atoms with van der Waals surface area (Å²) in [6.45, 7) is 1.35. The molecule has 0 radical (unpaired) electrons. The number of halogens is 3. The normalized spacial score (nSPS) is 19.2. The van der Waals surface area contributed by atoms with Gasteiger partial charge in [0.25, 0.3) is 0 Å². The highest BCUT2D eigenvalue weighted by molar-refractivity contribution is 7.99. The smallest absolute Gasteiger partial charge is 0.323 e. The monoisotopic (exact) mass is 304 g/mol. The van der Waals surface area contributed by atoms with Crippen LogP contribution in [0.25, 0.3) is 0 Å². The van der Waals surface area contributed by atoms with E-state index in [1.54, 1.807) is 16.7 Å². The average molecular weight is 304 g/mol. The molecular weight excluding hydrogens is 289 g/mol. The number of benzene rings is 1. The van der Waals surface area contributed by atoms with E-state index in [2.05, 4.69) is 5.32 Å². The second-order valence-electron chi connectivity index (χ2n) is 4.60. The van der Waals surface area contributed by atoms with Crippen LogP contribution >= 0.6 is 11.8 Å². The molecule has 7 heteroatoms. The Kier molecular flexibility index (Phi) is 4.47. The molecule has 1 aromatic carbocycles. The van der Waals surface area contributed by atoms with Crippen molar-refractivity contribution in [3.8, 4) is 0 Å². The van der Waals surface area contributed by atoms with Gasteiger partial charge in [0.2, 0.25) is 0 Å². The number of nitrogens with zero attached hydrogens (tertiary/aromatic N) is 1. The van der Waals surface area contributed by atoms with E-state index in [1.165, 1.54) is 12.1 Å². The summed E-state index contributed by atoms with van der Waals surface area (Å²) >= 11 is 1.72. The molecule has 20 heavy (non-hydrogen) atoms. The Bertz CT molecular complexity index is 475. The van der Waals surface area contributed by atoms with Crippen molar-refractivity contribution in [2.45, 2.75) is 17.8 Å². The summed E-state index contributed by atoms with van der Waals surface area (Å²) in [6.07, 6.45) is -1.41. The lowest BCUT2D eigenvalue weighted by atomic mass is 10.2. The van der Waals surface area contributed by atoms with Crippen LogP contribution in [0.2, 0.25) is 0 Å². The molecule has 1 aromatic rings. The maximum absolute atomic E-state index is 12.4. The lowest BCUT2D eigenvalue weighted by Crippen LogP contribution is -2.33. The van der Waals surface area contributed by atoms with Gasteiger partial charge in [-0.15, -0.1) is 0 Å². The number of carbonyl (C=O) groups excluding carboxylic acids is 1. The van der Waals surface area contributed by atoms with E-state index in [-0.39, 0.29) is 6.03 Å². The van der Waals surface area contributed by atoms with Crippen LogP contribution in [-0.4, -0.2) is 35.5 Å². The van der Waals surface area contributed by atoms with Gasteiger partial charge < -0.3 is 10.2 Å². The van der Waals surface area contributed by atoms with Crippen LogP contribution in [0.3, 0.4) is 0 Å². The van der Waals surface area contributed by atoms with Crippen molar-refractivity contribution in [1.29, 1.82) is 0 Å². The number of anilines is 1. The minimum atomic E-state index is -4.36. The van der Waals surface area contributed by atoms with Gasteiger partial charge in [0.15, 0.2) is 0 Å². The number of carbonyl (C=O) groups is 1. The fourth-order valence-corrected chi connectivity index (χ4v) is 2.72. The molecule has 3 nitrogen and oxygen atoms in total. The molecule has 2 rings (SSSR count). The van der Waals surface area contributed by atoms with E-state index in [1.807, 2.05) is 6.26 Å². The minimum absolute atomic E-state index is 0.263. The summed E-state index contributed by atoms with van der Waals surface area (Å²) in [4.78, 5) is 13.6. The third-order valence-electron chi connectivity index (χ3n) is 3.23. The summed E-state index contributed by atoms with van der Waals surface area (Å²) in [5.41, 5.74) is -0.352. The number of thioether (sulfide) groups is 1. The second kappa shape index (κ2) is 5.95. The van der Waals surface area contributed by atoms with Gasteiger partial charge in [-0.3, -0.25) is 0 Å². The number of nitrogens with one attached hydrogen (secondary N) is 1. The van der Waals surface area contributed by atoms with Gasteiger partial charge in [0, 0.05) is 24.0 Å². The largest absolute Gasteiger partial charge is 0.416 e. The maximum atomic E-state index is 12.4. The van der Waals surface area contributed by atoms with E-state index in [0.717, 1.165) is 18.6 Å². The molecule has 0 aliphatic carbocycles. The number of hydrogen-bond acceptors (Lipinski definition) is 2. The molecule has 1 heterocycles. The first-order valence-electron chi connectivity index (χ1n) is 6.16. The summed E-state index contributed by atoms with van der Waals surface area (Å²) in [5, 5.41) is 3.06. The molecule has 1 aliphatic rings. The van der Waals surface area contributed by atoms with Crippen molar-refractivity contribution >= 4 is 23.5 Å². The number of urea groups is 1. The van der Waals surface area contributed by atoms with Gasteiger partial charge in [0.1, 0.15) is 0 Å². The Morgan fingerprint density at radius 1 is 1.35 bits per heavy atom.